The molecule has 0 aromatic carbocycles. The van der Waals surface area contributed by atoms with Gasteiger partial charge < -0.3 is 10.1 Å². The average Bonchev–Trinajstić information content (AvgIpc) is 2.77. The third-order valence-corrected chi connectivity index (χ3v) is 3.73. The van der Waals surface area contributed by atoms with Crippen molar-refractivity contribution in [1.82, 2.24) is 10.3 Å². The first-order valence-corrected chi connectivity index (χ1v) is 5.92. The van der Waals surface area contributed by atoms with E-state index in [4.69, 9.17) is 4.74 Å². The highest BCUT2D eigenvalue weighted by molar-refractivity contribution is 5.85. The lowest BCUT2D eigenvalue weighted by Crippen LogP contribution is -2.17. The fourth-order valence-corrected chi connectivity index (χ4v) is 2.64. The Kier molecular flexibility index (Phi) is 3.92. The normalized spacial score (nSPS) is 28.5. The molecule has 0 spiro atoms. The predicted molar refractivity (Wildman–Crippen MR) is 65.3 cm³/mol. The quantitative estimate of drug-likeness (QED) is 0.929. The first-order chi connectivity index (χ1) is 8.55. The third kappa shape index (κ3) is 2.95. The summed E-state index contributed by atoms with van der Waals surface area (Å²) in [6.45, 7) is 2.50. The summed E-state index contributed by atoms with van der Waals surface area (Å²) in [6.07, 6.45) is -3.28. The van der Waals surface area contributed by atoms with E-state index < -0.39 is 11.9 Å². The summed E-state index contributed by atoms with van der Waals surface area (Å²) in [5.41, 5.74) is -0.905. The van der Waals surface area contributed by atoms with Crippen LogP contribution < -0.4 is 10.1 Å². The summed E-state index contributed by atoms with van der Waals surface area (Å²) in [4.78, 5) is 3.30. The maximum atomic E-state index is 12.4. The number of hydrogen-bond acceptors (Lipinski definition) is 3. The van der Waals surface area contributed by atoms with E-state index in [1.165, 1.54) is 6.07 Å². The molecule has 1 saturated heterocycles. The van der Waals surface area contributed by atoms with Crippen molar-refractivity contribution in [2.75, 3.05) is 19.7 Å². The van der Waals surface area contributed by atoms with Crippen molar-refractivity contribution in [3.8, 4) is 5.75 Å². The second-order valence-electron chi connectivity index (χ2n) is 4.84. The fraction of sp³-hybridized carbons (Fsp3) is 0.583. The minimum absolute atomic E-state index is 0. The minimum Gasteiger partial charge on any atom is -0.493 e. The number of halogens is 4. The molecule has 3 rings (SSSR count). The molecule has 1 N–H and O–H groups in total. The number of pyridine rings is 1. The molecule has 2 fully saturated rings. The third-order valence-electron chi connectivity index (χ3n) is 3.73. The minimum atomic E-state index is -4.42. The lowest BCUT2D eigenvalue weighted by molar-refractivity contribution is -0.141. The van der Waals surface area contributed by atoms with Crippen LogP contribution in [-0.2, 0) is 6.18 Å². The van der Waals surface area contributed by atoms with Crippen LogP contribution in [0.1, 0.15) is 5.69 Å². The Morgan fingerprint density at radius 2 is 2.00 bits per heavy atom. The van der Waals surface area contributed by atoms with Gasteiger partial charge in [0.15, 0.2) is 0 Å². The van der Waals surface area contributed by atoms with Crippen LogP contribution in [-0.4, -0.2) is 24.7 Å². The summed E-state index contributed by atoms with van der Waals surface area (Å²) in [5.74, 6) is 2.03. The average molecular weight is 295 g/mol. The van der Waals surface area contributed by atoms with E-state index in [1.54, 1.807) is 0 Å². The molecule has 2 aliphatic rings. The summed E-state index contributed by atoms with van der Waals surface area (Å²) in [7, 11) is 0. The number of alkyl halides is 3. The van der Waals surface area contributed by atoms with Gasteiger partial charge in [-0.25, -0.2) is 0 Å². The number of piperidine rings is 1. The van der Waals surface area contributed by atoms with E-state index in [-0.39, 0.29) is 18.2 Å². The Morgan fingerprint density at radius 3 is 2.63 bits per heavy atom. The van der Waals surface area contributed by atoms with Crippen molar-refractivity contribution in [3.63, 3.8) is 0 Å². The molecule has 1 aromatic rings. The zero-order valence-corrected chi connectivity index (χ0v) is 10.8. The number of hydrogen-bond donors (Lipinski definition) is 1. The van der Waals surface area contributed by atoms with Gasteiger partial charge in [0.1, 0.15) is 11.4 Å². The molecule has 1 aromatic heterocycles. The van der Waals surface area contributed by atoms with Crippen molar-refractivity contribution in [2.45, 2.75) is 6.18 Å². The van der Waals surface area contributed by atoms with Crippen molar-refractivity contribution < 1.29 is 17.9 Å². The van der Waals surface area contributed by atoms with E-state index in [1.807, 2.05) is 0 Å². The maximum absolute atomic E-state index is 12.4. The van der Waals surface area contributed by atoms with Gasteiger partial charge in [-0.05, 0) is 31.0 Å². The molecule has 0 bridgehead atoms. The Bertz CT molecular complexity index is 445. The van der Waals surface area contributed by atoms with Crippen LogP contribution in [0.25, 0.3) is 0 Å². The Labute approximate surface area is 115 Å². The van der Waals surface area contributed by atoms with Gasteiger partial charge >= 0.3 is 6.18 Å². The zero-order chi connectivity index (χ0) is 12.8. The molecule has 7 heteroatoms. The molecular formula is C12H14ClF3N2O. The predicted octanol–water partition coefficient (Wildman–Crippen LogP) is 2.37. The lowest BCUT2D eigenvalue weighted by Gasteiger charge is -2.10. The molecule has 0 amide bonds. The number of aromatic nitrogens is 1. The van der Waals surface area contributed by atoms with Crippen LogP contribution in [0.3, 0.4) is 0 Å². The number of fused-ring (bicyclic) bond motifs is 1. The van der Waals surface area contributed by atoms with Gasteiger partial charge in [-0.15, -0.1) is 12.4 Å². The van der Waals surface area contributed by atoms with Gasteiger partial charge in [-0.1, -0.05) is 0 Å². The number of ether oxygens (including phenoxy) is 1. The fourth-order valence-electron chi connectivity index (χ4n) is 2.64. The SMILES string of the molecule is Cl.FC(F)(F)c1cc(OCC2[C@H]3CNC[C@@H]23)ccn1. The zero-order valence-electron chi connectivity index (χ0n) is 9.98. The van der Waals surface area contributed by atoms with Gasteiger partial charge in [-0.3, -0.25) is 4.98 Å². The van der Waals surface area contributed by atoms with Crippen molar-refractivity contribution in [2.24, 2.45) is 17.8 Å². The van der Waals surface area contributed by atoms with E-state index in [9.17, 15) is 13.2 Å². The molecule has 3 atom stereocenters. The highest BCUT2D eigenvalue weighted by Crippen LogP contribution is 2.48. The van der Waals surface area contributed by atoms with Gasteiger partial charge in [0.05, 0.1) is 6.61 Å². The molecule has 19 heavy (non-hydrogen) atoms. The van der Waals surface area contributed by atoms with Crippen LogP contribution >= 0.6 is 12.4 Å². The highest BCUT2D eigenvalue weighted by atomic mass is 35.5. The Morgan fingerprint density at radius 1 is 1.32 bits per heavy atom. The molecule has 1 unspecified atom stereocenters. The van der Waals surface area contributed by atoms with Gasteiger partial charge in [0.25, 0.3) is 0 Å². The van der Waals surface area contributed by atoms with Gasteiger partial charge in [0.2, 0.25) is 0 Å². The molecule has 3 nitrogen and oxygen atoms in total. The monoisotopic (exact) mass is 294 g/mol. The van der Waals surface area contributed by atoms with Crippen molar-refractivity contribution in [1.29, 1.82) is 0 Å². The van der Waals surface area contributed by atoms with E-state index in [0.717, 1.165) is 25.4 Å². The molecule has 1 aliphatic carbocycles. The first kappa shape index (κ1) is 14.4. The molecule has 2 heterocycles. The summed E-state index contributed by atoms with van der Waals surface area (Å²) in [5, 5.41) is 3.26. The summed E-state index contributed by atoms with van der Waals surface area (Å²) in [6, 6.07) is 2.42. The molecular weight excluding hydrogens is 281 g/mol. The number of nitrogens with zero attached hydrogens (tertiary/aromatic N) is 1. The Hall–Kier alpha value is -1.01. The van der Waals surface area contributed by atoms with Crippen molar-refractivity contribution in [3.05, 3.63) is 24.0 Å². The van der Waals surface area contributed by atoms with E-state index >= 15 is 0 Å². The topological polar surface area (TPSA) is 34.1 Å². The number of nitrogens with one attached hydrogen (secondary N) is 1. The van der Waals surface area contributed by atoms with E-state index in [2.05, 4.69) is 10.3 Å². The van der Waals surface area contributed by atoms with Crippen LogP contribution in [0.2, 0.25) is 0 Å². The number of rotatable bonds is 3. The standard InChI is InChI=1S/C12H13F3N2O.ClH/c13-12(14,15)11-3-7(1-2-17-11)18-6-10-8-4-16-5-9(8)10;/h1-3,8-10,16H,4-6H2;1H/t8-,9+,10?;. The van der Waals surface area contributed by atoms with Crippen LogP contribution in [0.4, 0.5) is 13.2 Å². The molecule has 106 valence electrons. The van der Waals surface area contributed by atoms with Gasteiger partial charge in [-0.2, -0.15) is 13.2 Å². The largest absolute Gasteiger partial charge is 0.493 e. The first-order valence-electron chi connectivity index (χ1n) is 5.92. The van der Waals surface area contributed by atoms with Gasteiger partial charge in [0, 0.05) is 18.2 Å². The molecule has 0 radical (unpaired) electrons. The summed E-state index contributed by atoms with van der Waals surface area (Å²) < 4.78 is 42.8. The summed E-state index contributed by atoms with van der Waals surface area (Å²) >= 11 is 0. The lowest BCUT2D eigenvalue weighted by atomic mass is 10.3. The van der Waals surface area contributed by atoms with Crippen LogP contribution in [0, 0.1) is 17.8 Å². The second-order valence-corrected chi connectivity index (χ2v) is 4.84. The smallest absolute Gasteiger partial charge is 0.433 e. The highest BCUT2D eigenvalue weighted by Gasteiger charge is 2.53. The maximum Gasteiger partial charge on any atom is 0.433 e. The van der Waals surface area contributed by atoms with E-state index in [0.29, 0.717) is 24.4 Å². The molecule has 1 aliphatic heterocycles. The Balaban J connectivity index is 0.00000133. The van der Waals surface area contributed by atoms with Crippen LogP contribution in [0.15, 0.2) is 18.3 Å². The van der Waals surface area contributed by atoms with Crippen molar-refractivity contribution >= 4 is 12.4 Å². The second kappa shape index (κ2) is 5.17. The molecule has 1 saturated carbocycles. The van der Waals surface area contributed by atoms with Crippen LogP contribution in [0.5, 0.6) is 5.75 Å².